The van der Waals surface area contributed by atoms with E-state index in [1.54, 1.807) is 18.5 Å². The van der Waals surface area contributed by atoms with Crippen LogP contribution in [-0.2, 0) is 0 Å². The summed E-state index contributed by atoms with van der Waals surface area (Å²) in [5.74, 6) is 0.149. The van der Waals surface area contributed by atoms with Crippen LogP contribution in [0.25, 0.3) is 27.4 Å². The Hall–Kier alpha value is -2.34. The summed E-state index contributed by atoms with van der Waals surface area (Å²) >= 11 is 1.39. The molecule has 150 valence electrons. The van der Waals surface area contributed by atoms with Crippen LogP contribution in [0, 0.1) is 10.8 Å². The third kappa shape index (κ3) is 3.23. The van der Waals surface area contributed by atoms with Gasteiger partial charge in [-0.05, 0) is 66.3 Å². The second-order valence-electron chi connectivity index (χ2n) is 9.29. The van der Waals surface area contributed by atoms with Crippen molar-refractivity contribution < 1.29 is 9.50 Å². The zero-order valence-corrected chi connectivity index (χ0v) is 17.5. The third-order valence-corrected chi connectivity index (χ3v) is 7.57. The van der Waals surface area contributed by atoms with E-state index in [1.165, 1.54) is 11.3 Å². The highest BCUT2D eigenvalue weighted by atomic mass is 32.1. The number of halogens is 1. The highest BCUT2D eigenvalue weighted by molar-refractivity contribution is 7.15. The van der Waals surface area contributed by atoms with Crippen molar-refractivity contribution in [2.45, 2.75) is 52.1 Å². The molecule has 2 saturated carbocycles. The first-order valence-electron chi connectivity index (χ1n) is 10.1. The monoisotopic (exact) mass is 409 g/mol. The van der Waals surface area contributed by atoms with Gasteiger partial charge in [0.05, 0.1) is 5.56 Å². The van der Waals surface area contributed by atoms with Gasteiger partial charge >= 0.3 is 0 Å². The third-order valence-electron chi connectivity index (χ3n) is 6.66. The predicted octanol–water partition coefficient (Wildman–Crippen LogP) is 6.17. The van der Waals surface area contributed by atoms with Crippen molar-refractivity contribution >= 4 is 28.2 Å². The van der Waals surface area contributed by atoms with Crippen molar-refractivity contribution in [2.75, 3.05) is 0 Å². The number of rotatable bonds is 2. The summed E-state index contributed by atoms with van der Waals surface area (Å²) in [6.07, 6.45) is 9.38. The number of pyridine rings is 1. The first-order valence-corrected chi connectivity index (χ1v) is 10.9. The minimum absolute atomic E-state index is 0.149. The Balaban J connectivity index is 1.50. The number of hydrogen-bond donors (Lipinski definition) is 1. The average Bonchev–Trinajstić information content (AvgIpc) is 3.13. The van der Waals surface area contributed by atoms with Gasteiger partial charge in [-0.3, -0.25) is 4.98 Å². The predicted molar refractivity (Wildman–Crippen MR) is 114 cm³/mol. The van der Waals surface area contributed by atoms with E-state index in [9.17, 15) is 5.11 Å². The summed E-state index contributed by atoms with van der Waals surface area (Å²) in [4.78, 5) is 4.09. The van der Waals surface area contributed by atoms with E-state index in [1.807, 2.05) is 18.2 Å². The van der Waals surface area contributed by atoms with Crippen LogP contribution in [-0.4, -0.2) is 26.5 Å². The summed E-state index contributed by atoms with van der Waals surface area (Å²) < 4.78 is 15.4. The highest BCUT2D eigenvalue weighted by Crippen LogP contribution is 2.58. The Bertz CT molecular complexity index is 1130. The van der Waals surface area contributed by atoms with Crippen LogP contribution < -0.4 is 0 Å². The Morgan fingerprint density at radius 2 is 2.07 bits per heavy atom. The van der Waals surface area contributed by atoms with Crippen LogP contribution in [0.1, 0.15) is 51.0 Å². The zero-order valence-electron chi connectivity index (χ0n) is 16.7. The molecule has 5 rings (SSSR count). The average molecular weight is 410 g/mol. The summed E-state index contributed by atoms with van der Waals surface area (Å²) in [6.45, 7) is 4.38. The summed E-state index contributed by atoms with van der Waals surface area (Å²) in [6, 6.07) is 5.49. The Morgan fingerprint density at radius 1 is 1.21 bits per heavy atom. The van der Waals surface area contributed by atoms with E-state index < -0.39 is 6.17 Å². The number of alkyl halides is 1. The molecule has 3 atom stereocenters. The molecular formula is C23H24FN3OS. The van der Waals surface area contributed by atoms with Crippen molar-refractivity contribution in [3.05, 3.63) is 41.2 Å². The summed E-state index contributed by atoms with van der Waals surface area (Å²) in [5.41, 5.74) is 1.40. The number of benzene rings is 1. The van der Waals surface area contributed by atoms with Gasteiger partial charge in [-0.1, -0.05) is 31.6 Å². The molecule has 0 radical (unpaired) electrons. The lowest BCUT2D eigenvalue weighted by Crippen LogP contribution is -2.45. The molecule has 2 aliphatic carbocycles. The Labute approximate surface area is 173 Å². The maximum atomic E-state index is 15.4. The standard InChI is InChI=1S/C23H24FN3OS/c1-22-5-3-6-23(2,13-22)20(24)15(11-22)10-19-26-27-21(29-19)17-8-14-4-7-25-12-16(14)9-18(17)28/h4,7-10,12,20,28H,3,5-6,11,13H2,1-2H3/b15-10+/t20-,22+,23+/m0/s1. The smallest absolute Gasteiger partial charge is 0.151 e. The van der Waals surface area contributed by atoms with Gasteiger partial charge in [-0.2, -0.15) is 0 Å². The van der Waals surface area contributed by atoms with Gasteiger partial charge in [-0.25, -0.2) is 4.39 Å². The van der Waals surface area contributed by atoms with Crippen molar-refractivity contribution in [2.24, 2.45) is 10.8 Å². The van der Waals surface area contributed by atoms with E-state index in [-0.39, 0.29) is 16.6 Å². The molecule has 2 bridgehead atoms. The SMILES string of the molecule is C[C@]12CCC[C@](C)(C1)[C@@H](F)/C(=C/c1nnc(-c3cc4ccncc4cc3O)s1)C2. The van der Waals surface area contributed by atoms with E-state index in [4.69, 9.17) is 0 Å². The number of nitrogens with zero attached hydrogens (tertiary/aromatic N) is 3. The molecule has 6 heteroatoms. The number of aromatic nitrogens is 3. The zero-order chi connectivity index (χ0) is 20.2. The van der Waals surface area contributed by atoms with Crippen molar-refractivity contribution in [1.29, 1.82) is 0 Å². The highest BCUT2D eigenvalue weighted by Gasteiger charge is 2.50. The van der Waals surface area contributed by atoms with E-state index in [0.717, 1.165) is 48.4 Å². The molecule has 1 N–H and O–H groups in total. The number of allylic oxidation sites excluding steroid dienone is 1. The second-order valence-corrected chi connectivity index (χ2v) is 10.3. The first-order chi connectivity index (χ1) is 13.9. The largest absolute Gasteiger partial charge is 0.507 e. The van der Waals surface area contributed by atoms with Gasteiger partial charge in [0, 0.05) is 23.2 Å². The number of hydrogen-bond acceptors (Lipinski definition) is 5. The van der Waals surface area contributed by atoms with Crippen LogP contribution in [0.2, 0.25) is 0 Å². The topological polar surface area (TPSA) is 58.9 Å². The minimum Gasteiger partial charge on any atom is -0.507 e. The number of fused-ring (bicyclic) bond motifs is 3. The van der Waals surface area contributed by atoms with Gasteiger partial charge in [0.15, 0.2) is 5.01 Å². The van der Waals surface area contributed by atoms with Crippen LogP contribution in [0.15, 0.2) is 36.2 Å². The van der Waals surface area contributed by atoms with Gasteiger partial charge in [0.25, 0.3) is 0 Å². The molecule has 0 saturated heterocycles. The normalized spacial score (nSPS) is 30.7. The molecule has 2 fully saturated rings. The molecule has 2 aliphatic rings. The van der Waals surface area contributed by atoms with Crippen LogP contribution >= 0.6 is 11.3 Å². The first kappa shape index (κ1) is 18.7. The Morgan fingerprint density at radius 3 is 2.93 bits per heavy atom. The van der Waals surface area contributed by atoms with Crippen molar-refractivity contribution in [3.8, 4) is 16.3 Å². The van der Waals surface area contributed by atoms with Crippen LogP contribution in [0.3, 0.4) is 0 Å². The summed E-state index contributed by atoms with van der Waals surface area (Å²) in [5, 5.41) is 22.2. The molecule has 29 heavy (non-hydrogen) atoms. The molecule has 1 aromatic carbocycles. The van der Waals surface area contributed by atoms with E-state index in [2.05, 4.69) is 29.0 Å². The fourth-order valence-corrected chi connectivity index (χ4v) is 6.29. The van der Waals surface area contributed by atoms with Crippen molar-refractivity contribution in [3.63, 3.8) is 0 Å². The van der Waals surface area contributed by atoms with Gasteiger partial charge in [0.1, 0.15) is 16.9 Å². The van der Waals surface area contributed by atoms with Gasteiger partial charge < -0.3 is 5.11 Å². The summed E-state index contributed by atoms with van der Waals surface area (Å²) in [7, 11) is 0. The maximum Gasteiger partial charge on any atom is 0.151 e. The quantitative estimate of drug-likeness (QED) is 0.550. The number of phenolic OH excluding ortho intramolecular Hbond substituents is 1. The molecule has 2 aromatic heterocycles. The van der Waals surface area contributed by atoms with E-state index in [0.29, 0.717) is 15.6 Å². The lowest BCUT2D eigenvalue weighted by atomic mass is 9.54. The van der Waals surface area contributed by atoms with Crippen molar-refractivity contribution in [1.82, 2.24) is 15.2 Å². The van der Waals surface area contributed by atoms with Gasteiger partial charge in [-0.15, -0.1) is 10.2 Å². The molecule has 0 unspecified atom stereocenters. The molecule has 0 amide bonds. The number of phenols is 1. The lowest BCUT2D eigenvalue weighted by Gasteiger charge is -2.52. The maximum absolute atomic E-state index is 15.4. The lowest BCUT2D eigenvalue weighted by molar-refractivity contribution is -0.00516. The molecule has 0 spiro atoms. The second kappa shape index (κ2) is 6.59. The molecule has 2 heterocycles. The fraction of sp³-hybridized carbons (Fsp3) is 0.435. The number of aromatic hydroxyl groups is 1. The van der Waals surface area contributed by atoms with Crippen LogP contribution in [0.5, 0.6) is 5.75 Å². The van der Waals surface area contributed by atoms with Crippen LogP contribution in [0.4, 0.5) is 4.39 Å². The van der Waals surface area contributed by atoms with Gasteiger partial charge in [0.2, 0.25) is 0 Å². The molecular weight excluding hydrogens is 385 g/mol. The van der Waals surface area contributed by atoms with E-state index >= 15 is 4.39 Å². The molecule has 4 nitrogen and oxygen atoms in total. The Kier molecular flexibility index (Phi) is 4.24. The minimum atomic E-state index is -0.926. The fourth-order valence-electron chi connectivity index (χ4n) is 5.45. The molecule has 0 aliphatic heterocycles. The molecule has 3 aromatic rings.